The van der Waals surface area contributed by atoms with Crippen molar-refractivity contribution in [2.24, 2.45) is 0 Å². The molecule has 1 aliphatic heterocycles. The highest BCUT2D eigenvalue weighted by atomic mass is 35.5. The van der Waals surface area contributed by atoms with Crippen molar-refractivity contribution in [2.45, 2.75) is 58.2 Å². The predicted octanol–water partition coefficient (Wildman–Crippen LogP) is 3.58. The fourth-order valence-electron chi connectivity index (χ4n) is 3.07. The minimum Gasteiger partial charge on any atom is -0.396 e. The lowest BCUT2D eigenvalue weighted by molar-refractivity contribution is 0.279. The van der Waals surface area contributed by atoms with Crippen molar-refractivity contribution in [3.63, 3.8) is 0 Å². The molecule has 1 aromatic rings. The molecule has 0 saturated carbocycles. The van der Waals surface area contributed by atoms with E-state index in [0.29, 0.717) is 12.1 Å². The second-order valence-corrected chi connectivity index (χ2v) is 6.60. The van der Waals surface area contributed by atoms with Crippen LogP contribution in [0.2, 0.25) is 5.02 Å². The molecule has 2 N–H and O–H groups in total. The highest BCUT2D eigenvalue weighted by Crippen LogP contribution is 2.32. The largest absolute Gasteiger partial charge is 0.396 e. The van der Waals surface area contributed by atoms with Gasteiger partial charge in [-0.25, -0.2) is 0 Å². The first-order chi connectivity index (χ1) is 10.1. The summed E-state index contributed by atoms with van der Waals surface area (Å²) in [6, 6.07) is 7.22. The fourth-order valence-corrected chi connectivity index (χ4v) is 3.26. The Kier molecular flexibility index (Phi) is 6.34. The Labute approximate surface area is 133 Å². The van der Waals surface area contributed by atoms with Crippen LogP contribution in [0.5, 0.6) is 0 Å². The number of nitrogens with zero attached hydrogens (tertiary/aromatic N) is 1. The minimum atomic E-state index is 0.284. The van der Waals surface area contributed by atoms with Crippen molar-refractivity contribution < 1.29 is 5.11 Å². The van der Waals surface area contributed by atoms with Gasteiger partial charge in [0.15, 0.2) is 0 Å². The van der Waals surface area contributed by atoms with Gasteiger partial charge in [0.2, 0.25) is 0 Å². The molecule has 3 nitrogen and oxygen atoms in total. The highest BCUT2D eigenvalue weighted by molar-refractivity contribution is 6.30. The lowest BCUT2D eigenvalue weighted by atomic mass is 10.1. The number of rotatable bonds is 7. The SMILES string of the molecule is CC(C)NCc1cc(Cl)ccc1N1CCCC1CCCO. The van der Waals surface area contributed by atoms with Crippen molar-refractivity contribution in [2.75, 3.05) is 18.1 Å². The monoisotopic (exact) mass is 310 g/mol. The number of halogens is 1. The van der Waals surface area contributed by atoms with Gasteiger partial charge >= 0.3 is 0 Å². The molecule has 2 rings (SSSR count). The van der Waals surface area contributed by atoms with Crippen LogP contribution < -0.4 is 10.2 Å². The third-order valence-corrected chi connectivity index (χ3v) is 4.36. The molecule has 0 amide bonds. The molecule has 1 heterocycles. The molecule has 1 atom stereocenters. The standard InChI is InChI=1S/C17H27ClN2O/c1-13(2)19-12-14-11-15(18)7-8-17(14)20-9-3-5-16(20)6-4-10-21/h7-8,11,13,16,19,21H,3-6,9-10,12H2,1-2H3. The van der Waals surface area contributed by atoms with E-state index >= 15 is 0 Å². The number of aliphatic hydroxyl groups excluding tert-OH is 1. The van der Waals surface area contributed by atoms with Crippen molar-refractivity contribution in [1.29, 1.82) is 0 Å². The van der Waals surface area contributed by atoms with Crippen LogP contribution in [0.15, 0.2) is 18.2 Å². The van der Waals surface area contributed by atoms with E-state index < -0.39 is 0 Å². The zero-order valence-corrected chi connectivity index (χ0v) is 13.9. The molecular formula is C17H27ClN2O. The van der Waals surface area contributed by atoms with Gasteiger partial charge in [-0.15, -0.1) is 0 Å². The molecule has 4 heteroatoms. The van der Waals surface area contributed by atoms with Crippen LogP contribution in [-0.4, -0.2) is 30.3 Å². The van der Waals surface area contributed by atoms with E-state index in [1.807, 2.05) is 6.07 Å². The summed E-state index contributed by atoms with van der Waals surface area (Å²) >= 11 is 6.18. The second kappa shape index (κ2) is 8.02. The van der Waals surface area contributed by atoms with Gasteiger partial charge < -0.3 is 15.3 Å². The average Bonchev–Trinajstić information content (AvgIpc) is 2.91. The summed E-state index contributed by atoms with van der Waals surface area (Å²) in [5.74, 6) is 0. The Balaban J connectivity index is 2.16. The maximum atomic E-state index is 9.07. The van der Waals surface area contributed by atoms with Crippen LogP contribution in [0, 0.1) is 0 Å². The maximum absolute atomic E-state index is 9.07. The maximum Gasteiger partial charge on any atom is 0.0431 e. The van der Waals surface area contributed by atoms with E-state index in [1.165, 1.54) is 24.1 Å². The number of benzene rings is 1. The number of hydrogen-bond acceptors (Lipinski definition) is 3. The second-order valence-electron chi connectivity index (χ2n) is 6.16. The van der Waals surface area contributed by atoms with E-state index in [-0.39, 0.29) is 6.61 Å². The third-order valence-electron chi connectivity index (χ3n) is 4.12. The van der Waals surface area contributed by atoms with Crippen molar-refractivity contribution >= 4 is 17.3 Å². The molecule has 1 aromatic carbocycles. The molecular weight excluding hydrogens is 284 g/mol. The average molecular weight is 311 g/mol. The first-order valence-electron chi connectivity index (χ1n) is 8.01. The molecule has 118 valence electrons. The van der Waals surface area contributed by atoms with Crippen LogP contribution in [0.1, 0.15) is 45.1 Å². The van der Waals surface area contributed by atoms with Gasteiger partial charge in [0.25, 0.3) is 0 Å². The molecule has 1 fully saturated rings. The molecule has 1 unspecified atom stereocenters. The Bertz CT molecular complexity index is 450. The van der Waals surface area contributed by atoms with E-state index in [4.69, 9.17) is 16.7 Å². The van der Waals surface area contributed by atoms with Gasteiger partial charge in [0.05, 0.1) is 0 Å². The summed E-state index contributed by atoms with van der Waals surface area (Å²) in [4.78, 5) is 2.50. The van der Waals surface area contributed by atoms with Gasteiger partial charge in [-0.3, -0.25) is 0 Å². The summed E-state index contributed by atoms with van der Waals surface area (Å²) in [6.45, 7) is 6.55. The minimum absolute atomic E-state index is 0.284. The van der Waals surface area contributed by atoms with Crippen LogP contribution in [-0.2, 0) is 6.54 Å². The van der Waals surface area contributed by atoms with Gasteiger partial charge in [-0.05, 0) is 49.4 Å². The molecule has 0 aliphatic carbocycles. The highest BCUT2D eigenvalue weighted by Gasteiger charge is 2.25. The number of hydrogen-bond donors (Lipinski definition) is 2. The molecule has 21 heavy (non-hydrogen) atoms. The van der Waals surface area contributed by atoms with Crippen LogP contribution >= 0.6 is 11.6 Å². The lowest BCUT2D eigenvalue weighted by Crippen LogP contribution is -2.31. The molecule has 1 aliphatic rings. The van der Waals surface area contributed by atoms with Crippen molar-refractivity contribution in [1.82, 2.24) is 5.32 Å². The normalized spacial score (nSPS) is 18.7. The molecule has 1 saturated heterocycles. The van der Waals surface area contributed by atoms with Crippen molar-refractivity contribution in [3.8, 4) is 0 Å². The van der Waals surface area contributed by atoms with Gasteiger partial charge in [-0.2, -0.15) is 0 Å². The quantitative estimate of drug-likeness (QED) is 0.808. The molecule has 0 spiro atoms. The van der Waals surface area contributed by atoms with Crippen LogP contribution in [0.25, 0.3) is 0 Å². The van der Waals surface area contributed by atoms with Gasteiger partial charge in [-0.1, -0.05) is 25.4 Å². The Morgan fingerprint density at radius 1 is 1.43 bits per heavy atom. The zero-order valence-electron chi connectivity index (χ0n) is 13.1. The van der Waals surface area contributed by atoms with Crippen LogP contribution in [0.4, 0.5) is 5.69 Å². The zero-order chi connectivity index (χ0) is 15.2. The third kappa shape index (κ3) is 4.60. The molecule has 0 radical (unpaired) electrons. The first-order valence-corrected chi connectivity index (χ1v) is 8.39. The molecule has 0 bridgehead atoms. The smallest absolute Gasteiger partial charge is 0.0431 e. The lowest BCUT2D eigenvalue weighted by Gasteiger charge is -2.29. The summed E-state index contributed by atoms with van der Waals surface area (Å²) < 4.78 is 0. The summed E-state index contributed by atoms with van der Waals surface area (Å²) in [7, 11) is 0. The van der Waals surface area contributed by atoms with Crippen LogP contribution in [0.3, 0.4) is 0 Å². The van der Waals surface area contributed by atoms with E-state index in [9.17, 15) is 0 Å². The summed E-state index contributed by atoms with van der Waals surface area (Å²) in [5, 5.41) is 13.4. The van der Waals surface area contributed by atoms with Gasteiger partial charge in [0.1, 0.15) is 0 Å². The topological polar surface area (TPSA) is 35.5 Å². The van der Waals surface area contributed by atoms with E-state index in [2.05, 4.69) is 36.2 Å². The first kappa shape index (κ1) is 16.6. The summed E-state index contributed by atoms with van der Waals surface area (Å²) in [5.41, 5.74) is 2.57. The Morgan fingerprint density at radius 2 is 2.24 bits per heavy atom. The van der Waals surface area contributed by atoms with E-state index in [1.54, 1.807) is 0 Å². The fraction of sp³-hybridized carbons (Fsp3) is 0.647. The predicted molar refractivity (Wildman–Crippen MR) is 90.1 cm³/mol. The van der Waals surface area contributed by atoms with Crippen molar-refractivity contribution in [3.05, 3.63) is 28.8 Å². The molecule has 0 aromatic heterocycles. The number of aliphatic hydroxyl groups is 1. The Hall–Kier alpha value is -0.770. The number of anilines is 1. The summed E-state index contributed by atoms with van der Waals surface area (Å²) in [6.07, 6.45) is 4.40. The number of nitrogens with one attached hydrogen (secondary N) is 1. The van der Waals surface area contributed by atoms with Gasteiger partial charge in [0, 0.05) is 42.5 Å². The Morgan fingerprint density at radius 3 is 2.95 bits per heavy atom. The van der Waals surface area contributed by atoms with E-state index in [0.717, 1.165) is 31.0 Å².